The SMILES string of the molecule is C.C=CCC1(C)c2ccccc2-c2ccccc21.CC.CC. The summed E-state index contributed by atoms with van der Waals surface area (Å²) >= 11 is 0. The predicted octanol–water partition coefficient (Wildman–Crippen LogP) is 7.24. The van der Waals surface area contributed by atoms with E-state index in [1.165, 1.54) is 22.3 Å². The lowest BCUT2D eigenvalue weighted by Gasteiger charge is -2.25. The molecule has 0 heterocycles. The second-order valence-electron chi connectivity index (χ2n) is 4.92. The lowest BCUT2D eigenvalue weighted by Crippen LogP contribution is -2.19. The minimum atomic E-state index is 0. The molecule has 0 spiro atoms. The fraction of sp³-hybridized carbons (Fsp3) is 0.364. The number of hydrogen-bond acceptors (Lipinski definition) is 0. The summed E-state index contributed by atoms with van der Waals surface area (Å²) < 4.78 is 0. The van der Waals surface area contributed by atoms with Crippen molar-refractivity contribution in [3.63, 3.8) is 0 Å². The van der Waals surface area contributed by atoms with E-state index in [4.69, 9.17) is 0 Å². The topological polar surface area (TPSA) is 0 Å². The minimum Gasteiger partial charge on any atom is -0.103 e. The molecule has 2 aromatic carbocycles. The van der Waals surface area contributed by atoms with Gasteiger partial charge in [-0.15, -0.1) is 6.58 Å². The molecule has 2 aromatic rings. The first-order valence-corrected chi connectivity index (χ1v) is 8.07. The largest absolute Gasteiger partial charge is 0.103 e. The Kier molecular flexibility index (Phi) is 8.48. The summed E-state index contributed by atoms with van der Waals surface area (Å²) in [6, 6.07) is 17.4. The van der Waals surface area contributed by atoms with Crippen LogP contribution in [0.5, 0.6) is 0 Å². The Morgan fingerprint density at radius 3 is 1.55 bits per heavy atom. The first-order valence-electron chi connectivity index (χ1n) is 8.07. The summed E-state index contributed by atoms with van der Waals surface area (Å²) in [6.07, 6.45) is 3.01. The summed E-state index contributed by atoms with van der Waals surface area (Å²) in [7, 11) is 0. The minimum absolute atomic E-state index is 0. The van der Waals surface area contributed by atoms with Gasteiger partial charge in [-0.25, -0.2) is 0 Å². The van der Waals surface area contributed by atoms with Gasteiger partial charge in [0.15, 0.2) is 0 Å². The highest BCUT2D eigenvalue weighted by Gasteiger charge is 2.37. The van der Waals surface area contributed by atoms with Crippen LogP contribution in [0.2, 0.25) is 0 Å². The molecule has 0 aliphatic heterocycles. The third-order valence-electron chi connectivity index (χ3n) is 3.89. The summed E-state index contributed by atoms with van der Waals surface area (Å²) in [5.41, 5.74) is 5.72. The van der Waals surface area contributed by atoms with E-state index in [9.17, 15) is 0 Å². The molecule has 0 saturated heterocycles. The van der Waals surface area contributed by atoms with Crippen molar-refractivity contribution < 1.29 is 0 Å². The summed E-state index contributed by atoms with van der Waals surface area (Å²) in [5.74, 6) is 0. The van der Waals surface area contributed by atoms with Gasteiger partial charge in [0.05, 0.1) is 0 Å². The zero-order chi connectivity index (χ0) is 15.9. The van der Waals surface area contributed by atoms with Crippen LogP contribution in [-0.2, 0) is 5.41 Å². The van der Waals surface area contributed by atoms with Crippen molar-refractivity contribution in [3.8, 4) is 11.1 Å². The third kappa shape index (κ3) is 3.32. The Balaban J connectivity index is 0.000000819. The first-order chi connectivity index (χ1) is 10.3. The monoisotopic (exact) mass is 296 g/mol. The molecule has 0 saturated carbocycles. The zero-order valence-electron chi connectivity index (χ0n) is 14.1. The van der Waals surface area contributed by atoms with E-state index < -0.39 is 0 Å². The lowest BCUT2D eigenvalue weighted by molar-refractivity contribution is 0.597. The van der Waals surface area contributed by atoms with Crippen LogP contribution in [0.15, 0.2) is 61.2 Å². The number of allylic oxidation sites excluding steroid dienone is 1. The molecule has 1 aliphatic rings. The molecular weight excluding hydrogens is 264 g/mol. The Bertz CT molecular complexity index is 533. The maximum atomic E-state index is 3.92. The summed E-state index contributed by atoms with van der Waals surface area (Å²) in [5, 5.41) is 0. The maximum Gasteiger partial charge on any atom is 0.0221 e. The quantitative estimate of drug-likeness (QED) is 0.512. The van der Waals surface area contributed by atoms with E-state index in [1.807, 2.05) is 33.8 Å². The van der Waals surface area contributed by atoms with Crippen molar-refractivity contribution in [1.29, 1.82) is 0 Å². The number of benzene rings is 2. The number of fused-ring (bicyclic) bond motifs is 3. The molecule has 22 heavy (non-hydrogen) atoms. The molecule has 0 nitrogen and oxygen atoms in total. The van der Waals surface area contributed by atoms with Crippen LogP contribution in [0.4, 0.5) is 0 Å². The predicted molar refractivity (Wildman–Crippen MR) is 103 cm³/mol. The van der Waals surface area contributed by atoms with Crippen LogP contribution in [0.25, 0.3) is 11.1 Å². The fourth-order valence-electron chi connectivity index (χ4n) is 3.05. The van der Waals surface area contributed by atoms with Crippen LogP contribution in [0, 0.1) is 0 Å². The molecular formula is C22H32. The molecule has 0 amide bonds. The standard InChI is InChI=1S/C17H16.2C2H6.CH4/c1-3-12-17(2)15-10-6-4-8-13(15)14-9-5-7-11-16(14)17;2*1-2;/h3-11H,1,12H2,2H3;2*1-2H3;1H4. The average Bonchev–Trinajstić information content (AvgIpc) is 2.82. The highest BCUT2D eigenvalue weighted by Crippen LogP contribution is 2.50. The smallest absolute Gasteiger partial charge is 0.0221 e. The summed E-state index contributed by atoms with van der Waals surface area (Å²) in [4.78, 5) is 0. The molecule has 3 rings (SSSR count). The van der Waals surface area contributed by atoms with Crippen LogP contribution in [0.3, 0.4) is 0 Å². The van der Waals surface area contributed by atoms with Gasteiger partial charge in [-0.2, -0.15) is 0 Å². The second-order valence-corrected chi connectivity index (χ2v) is 4.92. The van der Waals surface area contributed by atoms with E-state index in [2.05, 4.69) is 62.0 Å². The molecule has 0 aromatic heterocycles. The van der Waals surface area contributed by atoms with Crippen molar-refractivity contribution in [3.05, 3.63) is 72.3 Å². The van der Waals surface area contributed by atoms with Crippen molar-refractivity contribution in [2.75, 3.05) is 0 Å². The van der Waals surface area contributed by atoms with Gasteiger partial charge in [0.25, 0.3) is 0 Å². The average molecular weight is 296 g/mol. The molecule has 0 unspecified atom stereocenters. The molecule has 120 valence electrons. The Hall–Kier alpha value is -1.82. The van der Waals surface area contributed by atoms with E-state index in [1.54, 1.807) is 0 Å². The molecule has 0 atom stereocenters. The maximum absolute atomic E-state index is 3.92. The van der Waals surface area contributed by atoms with Gasteiger partial charge in [0.2, 0.25) is 0 Å². The van der Waals surface area contributed by atoms with E-state index in [0.29, 0.717) is 0 Å². The molecule has 1 aliphatic carbocycles. The third-order valence-corrected chi connectivity index (χ3v) is 3.89. The highest BCUT2D eigenvalue weighted by molar-refractivity contribution is 5.80. The molecule has 0 N–H and O–H groups in total. The lowest BCUT2D eigenvalue weighted by atomic mass is 9.77. The fourth-order valence-corrected chi connectivity index (χ4v) is 3.05. The van der Waals surface area contributed by atoms with Gasteiger partial charge in [0.1, 0.15) is 0 Å². The summed E-state index contributed by atoms with van der Waals surface area (Å²) in [6.45, 7) is 14.2. The van der Waals surface area contributed by atoms with Gasteiger partial charge in [-0.05, 0) is 28.7 Å². The van der Waals surface area contributed by atoms with E-state index in [-0.39, 0.29) is 12.8 Å². The highest BCUT2D eigenvalue weighted by atomic mass is 14.4. The van der Waals surface area contributed by atoms with Gasteiger partial charge in [-0.1, -0.05) is 96.7 Å². The van der Waals surface area contributed by atoms with Crippen molar-refractivity contribution >= 4 is 0 Å². The van der Waals surface area contributed by atoms with Crippen LogP contribution in [-0.4, -0.2) is 0 Å². The Morgan fingerprint density at radius 1 is 0.818 bits per heavy atom. The zero-order valence-corrected chi connectivity index (χ0v) is 14.1. The molecule has 0 heteroatoms. The number of hydrogen-bond donors (Lipinski definition) is 0. The normalized spacial score (nSPS) is 12.2. The van der Waals surface area contributed by atoms with E-state index in [0.717, 1.165) is 6.42 Å². The molecule has 0 fully saturated rings. The van der Waals surface area contributed by atoms with Gasteiger partial charge < -0.3 is 0 Å². The Labute approximate surface area is 137 Å². The van der Waals surface area contributed by atoms with Gasteiger partial charge in [0, 0.05) is 5.41 Å². The molecule has 0 radical (unpaired) electrons. The van der Waals surface area contributed by atoms with Crippen LogP contribution in [0.1, 0.15) is 59.6 Å². The molecule has 0 bridgehead atoms. The number of rotatable bonds is 2. The van der Waals surface area contributed by atoms with Gasteiger partial charge in [-0.3, -0.25) is 0 Å². The second kappa shape index (κ2) is 9.25. The Morgan fingerprint density at radius 2 is 1.18 bits per heavy atom. The van der Waals surface area contributed by atoms with Crippen LogP contribution < -0.4 is 0 Å². The van der Waals surface area contributed by atoms with Crippen molar-refractivity contribution in [2.45, 2.75) is 53.9 Å². The van der Waals surface area contributed by atoms with Crippen molar-refractivity contribution in [2.24, 2.45) is 0 Å². The van der Waals surface area contributed by atoms with Crippen LogP contribution >= 0.6 is 0 Å². The van der Waals surface area contributed by atoms with Crippen molar-refractivity contribution in [1.82, 2.24) is 0 Å². The first kappa shape index (κ1) is 20.2. The van der Waals surface area contributed by atoms with Gasteiger partial charge >= 0.3 is 0 Å². The van der Waals surface area contributed by atoms with E-state index >= 15 is 0 Å².